The third-order valence-corrected chi connectivity index (χ3v) is 2.51. The van der Waals surface area contributed by atoms with E-state index < -0.39 is 0 Å². The molecule has 16 heavy (non-hydrogen) atoms. The molecule has 0 unspecified atom stereocenters. The van der Waals surface area contributed by atoms with Crippen LogP contribution in [0.15, 0.2) is 30.3 Å². The van der Waals surface area contributed by atoms with Gasteiger partial charge in [0.1, 0.15) is 0 Å². The zero-order chi connectivity index (χ0) is 12.0. The first-order valence-corrected chi connectivity index (χ1v) is 5.73. The molecule has 1 rings (SSSR count). The number of hydrogen-bond donors (Lipinski definition) is 1. The van der Waals surface area contributed by atoms with Crippen molar-refractivity contribution in [2.45, 2.75) is 26.3 Å². The zero-order valence-electron chi connectivity index (χ0n) is 9.53. The van der Waals surface area contributed by atoms with Crippen LogP contribution in [0.4, 0.5) is 0 Å². The van der Waals surface area contributed by atoms with Crippen molar-refractivity contribution < 1.29 is 4.79 Å². The van der Waals surface area contributed by atoms with Crippen LogP contribution < -0.4 is 5.32 Å². The van der Waals surface area contributed by atoms with Crippen LogP contribution in [0.1, 0.15) is 25.8 Å². The van der Waals surface area contributed by atoms with Crippen LogP contribution in [0, 0.1) is 0 Å². The molecule has 0 aliphatic carbocycles. The van der Waals surface area contributed by atoms with Crippen LogP contribution in [-0.2, 0) is 4.79 Å². The Labute approximate surface area is 101 Å². The number of halogens is 1. The standard InChI is InChI=1S/C13H16ClNO/c1-3-10(2)15-13(16)8-7-11-5-4-6-12(14)9-11/h4-10H,3H2,1-2H3,(H,15,16)/b8-7-/t10-/m0/s1. The molecule has 0 saturated carbocycles. The lowest BCUT2D eigenvalue weighted by molar-refractivity contribution is -0.117. The molecular formula is C13H16ClNO. The van der Waals surface area contributed by atoms with Gasteiger partial charge in [0.2, 0.25) is 5.91 Å². The molecule has 1 N–H and O–H groups in total. The first-order valence-electron chi connectivity index (χ1n) is 5.36. The first-order chi connectivity index (χ1) is 7.61. The maximum atomic E-state index is 11.4. The van der Waals surface area contributed by atoms with Crippen LogP contribution in [0.25, 0.3) is 6.08 Å². The molecule has 3 heteroatoms. The van der Waals surface area contributed by atoms with Gasteiger partial charge in [-0.15, -0.1) is 0 Å². The second-order valence-corrected chi connectivity index (χ2v) is 4.14. The first kappa shape index (κ1) is 12.8. The van der Waals surface area contributed by atoms with Crippen molar-refractivity contribution in [3.05, 3.63) is 40.9 Å². The molecule has 86 valence electrons. The number of benzene rings is 1. The summed E-state index contributed by atoms with van der Waals surface area (Å²) in [6.45, 7) is 4.01. The summed E-state index contributed by atoms with van der Waals surface area (Å²) >= 11 is 5.83. The molecule has 0 radical (unpaired) electrons. The van der Waals surface area contributed by atoms with Gasteiger partial charge in [0.05, 0.1) is 0 Å². The topological polar surface area (TPSA) is 29.1 Å². The van der Waals surface area contributed by atoms with Crippen molar-refractivity contribution in [1.82, 2.24) is 5.32 Å². The Kier molecular flexibility index (Phi) is 5.06. The quantitative estimate of drug-likeness (QED) is 0.801. The second-order valence-electron chi connectivity index (χ2n) is 3.71. The minimum Gasteiger partial charge on any atom is -0.350 e. The normalized spacial score (nSPS) is 12.7. The third-order valence-electron chi connectivity index (χ3n) is 2.28. The summed E-state index contributed by atoms with van der Waals surface area (Å²) in [5.41, 5.74) is 0.923. The number of hydrogen-bond acceptors (Lipinski definition) is 1. The van der Waals surface area contributed by atoms with Crippen LogP contribution >= 0.6 is 11.6 Å². The predicted molar refractivity (Wildman–Crippen MR) is 68.4 cm³/mol. The van der Waals surface area contributed by atoms with Crippen molar-refractivity contribution in [2.24, 2.45) is 0 Å². The molecule has 1 atom stereocenters. The van der Waals surface area contributed by atoms with E-state index in [1.54, 1.807) is 12.1 Å². The Hall–Kier alpha value is -1.28. The molecule has 0 aromatic heterocycles. The Morgan fingerprint density at radius 2 is 2.31 bits per heavy atom. The highest BCUT2D eigenvalue weighted by atomic mass is 35.5. The van der Waals surface area contributed by atoms with Gasteiger partial charge in [0.15, 0.2) is 0 Å². The Morgan fingerprint density at radius 1 is 1.56 bits per heavy atom. The van der Waals surface area contributed by atoms with Gasteiger partial charge >= 0.3 is 0 Å². The largest absolute Gasteiger partial charge is 0.350 e. The molecular weight excluding hydrogens is 222 g/mol. The Morgan fingerprint density at radius 3 is 2.94 bits per heavy atom. The molecule has 0 saturated heterocycles. The molecule has 0 aliphatic rings. The molecule has 0 aliphatic heterocycles. The van der Waals surface area contributed by atoms with E-state index in [-0.39, 0.29) is 11.9 Å². The molecule has 0 heterocycles. The fourth-order valence-corrected chi connectivity index (χ4v) is 1.37. The van der Waals surface area contributed by atoms with Crippen LogP contribution in [-0.4, -0.2) is 11.9 Å². The van der Waals surface area contributed by atoms with Gasteiger partial charge in [-0.05, 0) is 37.1 Å². The molecule has 1 aromatic rings. The number of nitrogens with one attached hydrogen (secondary N) is 1. The van der Waals surface area contributed by atoms with Crippen molar-refractivity contribution in [3.63, 3.8) is 0 Å². The average Bonchev–Trinajstić information content (AvgIpc) is 2.26. The minimum atomic E-state index is -0.0747. The Balaban J connectivity index is 2.56. The number of carbonyl (C=O) groups is 1. The molecule has 0 spiro atoms. The minimum absolute atomic E-state index is 0.0747. The van der Waals surface area contributed by atoms with Crippen LogP contribution in [0.5, 0.6) is 0 Å². The van der Waals surface area contributed by atoms with Crippen molar-refractivity contribution >= 4 is 23.6 Å². The SMILES string of the molecule is CC[C@H](C)NC(=O)/C=C\c1cccc(Cl)c1. The average molecular weight is 238 g/mol. The highest BCUT2D eigenvalue weighted by Crippen LogP contribution is 2.11. The van der Waals surface area contributed by atoms with E-state index in [0.717, 1.165) is 12.0 Å². The second kappa shape index (κ2) is 6.33. The smallest absolute Gasteiger partial charge is 0.244 e. The van der Waals surface area contributed by atoms with E-state index in [0.29, 0.717) is 5.02 Å². The fraction of sp³-hybridized carbons (Fsp3) is 0.308. The summed E-state index contributed by atoms with van der Waals surface area (Å²) < 4.78 is 0. The van der Waals surface area contributed by atoms with Gasteiger partial charge in [0, 0.05) is 17.1 Å². The summed E-state index contributed by atoms with van der Waals surface area (Å²) in [4.78, 5) is 11.4. The summed E-state index contributed by atoms with van der Waals surface area (Å²) in [5.74, 6) is -0.0747. The molecule has 1 amide bonds. The van der Waals surface area contributed by atoms with E-state index in [1.807, 2.05) is 32.0 Å². The Bertz CT molecular complexity index is 387. The van der Waals surface area contributed by atoms with Crippen molar-refractivity contribution in [3.8, 4) is 0 Å². The molecule has 2 nitrogen and oxygen atoms in total. The molecule has 1 aromatic carbocycles. The summed E-state index contributed by atoms with van der Waals surface area (Å²) in [6, 6.07) is 7.58. The number of carbonyl (C=O) groups excluding carboxylic acids is 1. The van der Waals surface area contributed by atoms with Gasteiger partial charge in [-0.25, -0.2) is 0 Å². The lowest BCUT2D eigenvalue weighted by atomic mass is 10.2. The molecule has 0 fully saturated rings. The van der Waals surface area contributed by atoms with Crippen LogP contribution in [0.3, 0.4) is 0 Å². The van der Waals surface area contributed by atoms with E-state index in [4.69, 9.17) is 11.6 Å². The van der Waals surface area contributed by atoms with Gasteiger partial charge in [-0.2, -0.15) is 0 Å². The van der Waals surface area contributed by atoms with Gasteiger partial charge in [-0.1, -0.05) is 30.7 Å². The molecule has 0 bridgehead atoms. The highest BCUT2D eigenvalue weighted by Gasteiger charge is 2.00. The summed E-state index contributed by atoms with van der Waals surface area (Å²) in [6.07, 6.45) is 4.21. The lowest BCUT2D eigenvalue weighted by Gasteiger charge is -2.08. The summed E-state index contributed by atoms with van der Waals surface area (Å²) in [5, 5.41) is 3.53. The third kappa shape index (κ3) is 4.49. The number of rotatable bonds is 4. The van der Waals surface area contributed by atoms with E-state index in [9.17, 15) is 4.79 Å². The summed E-state index contributed by atoms with van der Waals surface area (Å²) in [7, 11) is 0. The predicted octanol–water partition coefficient (Wildman–Crippen LogP) is 3.27. The van der Waals surface area contributed by atoms with Gasteiger partial charge < -0.3 is 5.32 Å². The van der Waals surface area contributed by atoms with E-state index >= 15 is 0 Å². The van der Waals surface area contributed by atoms with Crippen LogP contribution in [0.2, 0.25) is 5.02 Å². The van der Waals surface area contributed by atoms with E-state index in [1.165, 1.54) is 6.08 Å². The maximum absolute atomic E-state index is 11.4. The fourth-order valence-electron chi connectivity index (χ4n) is 1.18. The van der Waals surface area contributed by atoms with Crippen molar-refractivity contribution in [2.75, 3.05) is 0 Å². The van der Waals surface area contributed by atoms with Crippen molar-refractivity contribution in [1.29, 1.82) is 0 Å². The number of amides is 1. The van der Waals surface area contributed by atoms with Gasteiger partial charge in [0.25, 0.3) is 0 Å². The zero-order valence-corrected chi connectivity index (χ0v) is 10.3. The monoisotopic (exact) mass is 237 g/mol. The van der Waals surface area contributed by atoms with E-state index in [2.05, 4.69) is 5.32 Å². The maximum Gasteiger partial charge on any atom is 0.244 e. The lowest BCUT2D eigenvalue weighted by Crippen LogP contribution is -2.30. The highest BCUT2D eigenvalue weighted by molar-refractivity contribution is 6.30. The van der Waals surface area contributed by atoms with Gasteiger partial charge in [-0.3, -0.25) is 4.79 Å².